The fourth-order valence-corrected chi connectivity index (χ4v) is 3.47. The highest BCUT2D eigenvalue weighted by atomic mass is 19.4. The van der Waals surface area contributed by atoms with E-state index in [0.29, 0.717) is 22.4 Å². The summed E-state index contributed by atoms with van der Waals surface area (Å²) in [6.45, 7) is 1.88. The van der Waals surface area contributed by atoms with E-state index in [-0.39, 0.29) is 31.8 Å². The predicted octanol–water partition coefficient (Wildman–Crippen LogP) is 6.43. The van der Waals surface area contributed by atoms with Crippen LogP contribution in [-0.2, 0) is 16.1 Å². The summed E-state index contributed by atoms with van der Waals surface area (Å²) < 4.78 is 44.2. The summed E-state index contributed by atoms with van der Waals surface area (Å²) in [4.78, 5) is 16.3. The predicted molar refractivity (Wildman–Crippen MR) is 128 cm³/mol. The lowest BCUT2D eigenvalue weighted by molar-refractivity contribution is -0.136. The van der Waals surface area contributed by atoms with Crippen molar-refractivity contribution in [2.45, 2.75) is 32.4 Å². The van der Waals surface area contributed by atoms with Crippen molar-refractivity contribution in [2.75, 3.05) is 13.2 Å². The Labute approximate surface area is 201 Å². The highest BCUT2D eigenvalue weighted by Gasteiger charge is 2.27. The molecule has 0 saturated heterocycles. The van der Waals surface area contributed by atoms with Gasteiger partial charge in [-0.1, -0.05) is 71.9 Å². The lowest BCUT2D eigenvalue weighted by Crippen LogP contribution is -2.13. The van der Waals surface area contributed by atoms with Crippen molar-refractivity contribution >= 4 is 11.7 Å². The molecule has 0 aliphatic carbocycles. The first-order chi connectivity index (χ1) is 16.7. The molecule has 0 amide bonds. The van der Waals surface area contributed by atoms with Crippen LogP contribution in [0.1, 0.15) is 29.5 Å². The second-order valence-corrected chi connectivity index (χ2v) is 7.89. The van der Waals surface area contributed by atoms with Crippen LogP contribution < -0.4 is 4.74 Å². The van der Waals surface area contributed by atoms with Gasteiger partial charge in [0.15, 0.2) is 6.61 Å². The maximum absolute atomic E-state index is 12.8. The normalized spacial score (nSPS) is 11.8. The second kappa shape index (κ2) is 12.1. The van der Waals surface area contributed by atoms with Crippen molar-refractivity contribution in [3.8, 4) is 16.9 Å². The molecule has 35 heavy (non-hydrogen) atoms. The number of carbonyl (C=O) groups is 1. The molecule has 3 aromatic carbocycles. The highest BCUT2D eigenvalue weighted by Crippen LogP contribution is 2.25. The topological polar surface area (TPSA) is 68.1 Å². The zero-order valence-electron chi connectivity index (χ0n) is 19.2. The Morgan fingerprint density at radius 3 is 2.26 bits per heavy atom. The molecular formula is C27H26F3NO4. The molecule has 0 unspecified atom stereocenters. The largest absolute Gasteiger partial charge is 0.490 e. The van der Waals surface area contributed by atoms with E-state index in [1.165, 1.54) is 0 Å². The van der Waals surface area contributed by atoms with E-state index in [4.69, 9.17) is 14.7 Å². The Balaban J connectivity index is 1.64. The maximum Gasteiger partial charge on any atom is 0.389 e. The molecular weight excluding hydrogens is 459 g/mol. The van der Waals surface area contributed by atoms with Gasteiger partial charge in [0.2, 0.25) is 0 Å². The molecule has 0 bridgehead atoms. The Hall–Kier alpha value is -3.81. The average molecular weight is 486 g/mol. The number of hydrogen-bond acceptors (Lipinski definition) is 4. The number of benzene rings is 3. The van der Waals surface area contributed by atoms with E-state index in [2.05, 4.69) is 5.16 Å². The van der Waals surface area contributed by atoms with Gasteiger partial charge in [-0.15, -0.1) is 0 Å². The van der Waals surface area contributed by atoms with Crippen molar-refractivity contribution in [1.29, 1.82) is 0 Å². The van der Waals surface area contributed by atoms with Crippen LogP contribution in [-0.4, -0.2) is 36.2 Å². The summed E-state index contributed by atoms with van der Waals surface area (Å²) in [5.41, 5.74) is 4.04. The van der Waals surface area contributed by atoms with Gasteiger partial charge in [-0.05, 0) is 40.8 Å². The zero-order chi connectivity index (χ0) is 25.3. The second-order valence-electron chi connectivity index (χ2n) is 7.89. The number of ether oxygens (including phenoxy) is 1. The monoisotopic (exact) mass is 485 g/mol. The average Bonchev–Trinajstić information content (AvgIpc) is 2.83. The summed E-state index contributed by atoms with van der Waals surface area (Å²) in [6.07, 6.45) is -5.76. The minimum atomic E-state index is -4.31. The SMILES string of the molecule is Cc1c(CC(=O)O)cccc1OCCO/N=C(\CCC(F)(F)F)c1ccc(-c2ccccc2)cc1. The lowest BCUT2D eigenvalue weighted by Gasteiger charge is -2.12. The first-order valence-electron chi connectivity index (χ1n) is 11.1. The van der Waals surface area contributed by atoms with Gasteiger partial charge in [-0.25, -0.2) is 0 Å². The standard InChI is InChI=1S/C27H26F3NO4/c1-19-23(18-26(32)33)8-5-9-25(19)34-16-17-35-31-24(14-15-27(28,29)30)22-12-10-21(11-13-22)20-6-3-2-4-7-20/h2-13H,14-18H2,1H3,(H,32,33)/b31-24+. The number of carboxylic acid groups (broad SMARTS) is 1. The zero-order valence-corrected chi connectivity index (χ0v) is 19.2. The van der Waals surface area contributed by atoms with Crippen LogP contribution in [0.25, 0.3) is 11.1 Å². The first-order valence-corrected chi connectivity index (χ1v) is 11.1. The molecule has 5 nitrogen and oxygen atoms in total. The number of nitrogens with zero attached hydrogens (tertiary/aromatic N) is 1. The number of aliphatic carboxylic acids is 1. The fourth-order valence-electron chi connectivity index (χ4n) is 3.47. The number of carboxylic acids is 1. The lowest BCUT2D eigenvalue weighted by atomic mass is 10.0. The molecule has 0 aliphatic heterocycles. The third-order valence-electron chi connectivity index (χ3n) is 5.32. The van der Waals surface area contributed by atoms with Gasteiger partial charge in [0.25, 0.3) is 0 Å². The summed E-state index contributed by atoms with van der Waals surface area (Å²) in [7, 11) is 0. The third kappa shape index (κ3) is 8.17. The van der Waals surface area contributed by atoms with Crippen LogP contribution in [0.2, 0.25) is 0 Å². The van der Waals surface area contributed by atoms with Crippen LogP contribution in [0, 0.1) is 6.92 Å². The van der Waals surface area contributed by atoms with Gasteiger partial charge in [0.05, 0.1) is 12.1 Å². The molecule has 8 heteroatoms. The number of rotatable bonds is 11. The van der Waals surface area contributed by atoms with E-state index in [9.17, 15) is 18.0 Å². The third-order valence-corrected chi connectivity index (χ3v) is 5.32. The Morgan fingerprint density at radius 1 is 0.914 bits per heavy atom. The Kier molecular flexibility index (Phi) is 8.89. The van der Waals surface area contributed by atoms with Crippen molar-refractivity contribution in [3.05, 3.63) is 89.5 Å². The molecule has 0 atom stereocenters. The molecule has 0 aromatic heterocycles. The minimum absolute atomic E-state index is 0.0141. The highest BCUT2D eigenvalue weighted by molar-refractivity contribution is 6.00. The number of halogens is 3. The minimum Gasteiger partial charge on any atom is -0.490 e. The van der Waals surface area contributed by atoms with E-state index in [1.807, 2.05) is 42.5 Å². The van der Waals surface area contributed by atoms with Gasteiger partial charge in [0, 0.05) is 12.8 Å². The van der Waals surface area contributed by atoms with E-state index < -0.39 is 18.6 Å². The molecule has 3 aromatic rings. The molecule has 1 N–H and O–H groups in total. The van der Waals surface area contributed by atoms with Crippen LogP contribution >= 0.6 is 0 Å². The van der Waals surface area contributed by atoms with Crippen LogP contribution in [0.3, 0.4) is 0 Å². The molecule has 0 fully saturated rings. The fraction of sp³-hybridized carbons (Fsp3) is 0.259. The van der Waals surface area contributed by atoms with Gasteiger partial charge in [0.1, 0.15) is 12.4 Å². The molecule has 0 saturated carbocycles. The van der Waals surface area contributed by atoms with Crippen molar-refractivity contribution in [1.82, 2.24) is 0 Å². The molecule has 0 radical (unpaired) electrons. The van der Waals surface area contributed by atoms with Crippen molar-refractivity contribution in [3.63, 3.8) is 0 Å². The maximum atomic E-state index is 12.8. The number of alkyl halides is 3. The summed E-state index contributed by atoms with van der Waals surface area (Å²) in [6, 6.07) is 21.9. The van der Waals surface area contributed by atoms with Crippen LogP contribution in [0.4, 0.5) is 13.2 Å². The van der Waals surface area contributed by atoms with Crippen molar-refractivity contribution < 1.29 is 32.6 Å². The van der Waals surface area contributed by atoms with E-state index >= 15 is 0 Å². The Bertz CT molecular complexity index is 1140. The van der Waals surface area contributed by atoms with Gasteiger partial charge in [-0.3, -0.25) is 4.79 Å². The van der Waals surface area contributed by atoms with Crippen molar-refractivity contribution in [2.24, 2.45) is 5.16 Å². The van der Waals surface area contributed by atoms with Gasteiger partial charge >= 0.3 is 12.1 Å². The summed E-state index contributed by atoms with van der Waals surface area (Å²) in [5, 5.41) is 13.0. The first kappa shape index (κ1) is 25.8. The number of hydrogen-bond donors (Lipinski definition) is 1. The molecule has 184 valence electrons. The number of oxime groups is 1. The van der Waals surface area contributed by atoms with E-state index in [1.54, 1.807) is 37.3 Å². The van der Waals surface area contributed by atoms with Crippen LogP contribution in [0.5, 0.6) is 5.75 Å². The molecule has 0 heterocycles. The molecule has 3 rings (SSSR count). The quantitative estimate of drug-likeness (QED) is 0.193. The van der Waals surface area contributed by atoms with E-state index in [0.717, 1.165) is 11.1 Å². The van der Waals surface area contributed by atoms with Gasteiger partial charge in [-0.2, -0.15) is 13.2 Å². The summed E-state index contributed by atoms with van der Waals surface area (Å²) >= 11 is 0. The molecule has 0 spiro atoms. The van der Waals surface area contributed by atoms with Gasteiger partial charge < -0.3 is 14.7 Å². The molecule has 0 aliphatic rings. The Morgan fingerprint density at radius 2 is 1.60 bits per heavy atom. The summed E-state index contributed by atoms with van der Waals surface area (Å²) in [5.74, 6) is -0.420. The smallest absolute Gasteiger partial charge is 0.389 e. The van der Waals surface area contributed by atoms with Crippen LogP contribution in [0.15, 0.2) is 78.0 Å².